The van der Waals surface area contributed by atoms with Gasteiger partial charge in [-0.25, -0.2) is 4.39 Å². The van der Waals surface area contributed by atoms with E-state index in [1.54, 1.807) is 6.07 Å². The molecule has 18 heavy (non-hydrogen) atoms. The van der Waals surface area contributed by atoms with Crippen LogP contribution in [0, 0.1) is 5.82 Å². The molecule has 2 nitrogen and oxygen atoms in total. The van der Waals surface area contributed by atoms with Crippen molar-refractivity contribution in [3.05, 3.63) is 59.4 Å². The normalized spacial score (nSPS) is 13.6. The number of hydrogen-bond donors (Lipinski definition) is 1. The second kappa shape index (κ2) is 4.33. The van der Waals surface area contributed by atoms with Crippen LogP contribution >= 0.6 is 0 Å². The lowest BCUT2D eigenvalue weighted by atomic mass is 10.1. The molecule has 2 aromatic carbocycles. The molecule has 1 heterocycles. The minimum atomic E-state index is -0.154. The van der Waals surface area contributed by atoms with Crippen LogP contribution in [0.4, 0.5) is 15.8 Å². The summed E-state index contributed by atoms with van der Waals surface area (Å²) < 4.78 is 13.8. The summed E-state index contributed by atoms with van der Waals surface area (Å²) in [5.74, 6) is -0.154. The summed E-state index contributed by atoms with van der Waals surface area (Å²) in [6.07, 6.45) is 0. The van der Waals surface area contributed by atoms with E-state index in [1.807, 2.05) is 19.2 Å². The molecule has 0 amide bonds. The van der Waals surface area contributed by atoms with Gasteiger partial charge in [-0.05, 0) is 35.4 Å². The first-order valence-electron chi connectivity index (χ1n) is 6.07. The Balaban J connectivity index is 1.91. The van der Waals surface area contributed by atoms with Crippen molar-refractivity contribution >= 4 is 11.4 Å². The van der Waals surface area contributed by atoms with Gasteiger partial charge in [0.05, 0.1) is 5.69 Å². The van der Waals surface area contributed by atoms with Crippen LogP contribution in [0.2, 0.25) is 0 Å². The highest BCUT2D eigenvalue weighted by Crippen LogP contribution is 2.31. The number of hydrogen-bond acceptors (Lipinski definition) is 2. The van der Waals surface area contributed by atoms with E-state index in [-0.39, 0.29) is 5.82 Å². The highest BCUT2D eigenvalue weighted by atomic mass is 19.1. The number of fused-ring (bicyclic) bond motifs is 1. The lowest BCUT2D eigenvalue weighted by molar-refractivity contribution is 0.619. The summed E-state index contributed by atoms with van der Waals surface area (Å²) in [5, 5.41) is 3.13. The van der Waals surface area contributed by atoms with E-state index in [9.17, 15) is 4.39 Å². The Bertz CT molecular complexity index is 580. The van der Waals surface area contributed by atoms with Gasteiger partial charge in [-0.1, -0.05) is 18.2 Å². The summed E-state index contributed by atoms with van der Waals surface area (Å²) in [6.45, 7) is 1.55. The number of benzene rings is 2. The van der Waals surface area contributed by atoms with Crippen molar-refractivity contribution in [3.63, 3.8) is 0 Å². The van der Waals surface area contributed by atoms with Crippen LogP contribution in [0.15, 0.2) is 42.5 Å². The van der Waals surface area contributed by atoms with Crippen LogP contribution in [0.3, 0.4) is 0 Å². The van der Waals surface area contributed by atoms with Gasteiger partial charge in [-0.15, -0.1) is 0 Å². The molecule has 0 aromatic heterocycles. The maximum atomic E-state index is 13.8. The second-order valence-corrected chi connectivity index (χ2v) is 4.54. The minimum absolute atomic E-state index is 0.154. The van der Waals surface area contributed by atoms with E-state index in [1.165, 1.54) is 17.2 Å². The molecular weight excluding hydrogens is 227 g/mol. The zero-order valence-corrected chi connectivity index (χ0v) is 10.3. The van der Waals surface area contributed by atoms with Crippen LogP contribution in [0.25, 0.3) is 0 Å². The van der Waals surface area contributed by atoms with Gasteiger partial charge in [0.1, 0.15) is 5.82 Å². The Morgan fingerprint density at radius 2 is 1.83 bits per heavy atom. The van der Waals surface area contributed by atoms with E-state index in [0.29, 0.717) is 5.69 Å². The van der Waals surface area contributed by atoms with Gasteiger partial charge >= 0.3 is 0 Å². The molecule has 0 unspecified atom stereocenters. The van der Waals surface area contributed by atoms with Gasteiger partial charge in [-0.2, -0.15) is 0 Å². The van der Waals surface area contributed by atoms with Crippen molar-refractivity contribution in [1.82, 2.24) is 0 Å². The summed E-state index contributed by atoms with van der Waals surface area (Å²) in [4.78, 5) is 2.07. The number of anilines is 2. The molecule has 0 spiro atoms. The topological polar surface area (TPSA) is 15.3 Å². The van der Waals surface area contributed by atoms with Gasteiger partial charge in [0.25, 0.3) is 0 Å². The zero-order valence-electron chi connectivity index (χ0n) is 10.3. The molecule has 3 rings (SSSR count). The quantitative estimate of drug-likeness (QED) is 0.868. The number of para-hydroxylation sites is 1. The van der Waals surface area contributed by atoms with Gasteiger partial charge < -0.3 is 10.2 Å². The van der Waals surface area contributed by atoms with Crippen LogP contribution < -0.4 is 10.2 Å². The molecule has 1 aliphatic heterocycles. The predicted molar refractivity (Wildman–Crippen MR) is 72.3 cm³/mol. The smallest absolute Gasteiger partial charge is 0.146 e. The number of nitrogens with zero attached hydrogens (tertiary/aromatic N) is 1. The number of halogens is 1. The van der Waals surface area contributed by atoms with Gasteiger partial charge in [0.15, 0.2) is 0 Å². The molecule has 0 saturated heterocycles. The highest BCUT2D eigenvalue weighted by Gasteiger charge is 2.21. The van der Waals surface area contributed by atoms with E-state index in [4.69, 9.17) is 0 Å². The van der Waals surface area contributed by atoms with E-state index < -0.39 is 0 Å². The molecular formula is C15H15FN2. The molecule has 2 aromatic rings. The lowest BCUT2D eigenvalue weighted by Crippen LogP contribution is -2.15. The predicted octanol–water partition coefficient (Wildman–Crippen LogP) is 3.39. The van der Waals surface area contributed by atoms with Crippen LogP contribution in [-0.4, -0.2) is 7.05 Å². The first-order valence-corrected chi connectivity index (χ1v) is 6.07. The van der Waals surface area contributed by atoms with Gasteiger partial charge in [0, 0.05) is 25.8 Å². The van der Waals surface area contributed by atoms with Crippen LogP contribution in [-0.2, 0) is 13.1 Å². The Morgan fingerprint density at radius 3 is 2.61 bits per heavy atom. The average Bonchev–Trinajstić information content (AvgIpc) is 2.81. The molecule has 0 radical (unpaired) electrons. The summed E-state index contributed by atoms with van der Waals surface area (Å²) >= 11 is 0. The maximum Gasteiger partial charge on any atom is 0.146 e. The molecule has 0 aliphatic carbocycles. The Morgan fingerprint density at radius 1 is 1.06 bits per heavy atom. The lowest BCUT2D eigenvalue weighted by Gasteiger charge is -2.18. The maximum absolute atomic E-state index is 13.8. The molecule has 92 valence electrons. The fraction of sp³-hybridized carbons (Fsp3) is 0.200. The first-order chi connectivity index (χ1) is 8.78. The molecule has 0 atom stereocenters. The van der Waals surface area contributed by atoms with Crippen molar-refractivity contribution < 1.29 is 4.39 Å². The van der Waals surface area contributed by atoms with Crippen LogP contribution in [0.5, 0.6) is 0 Å². The summed E-state index contributed by atoms with van der Waals surface area (Å²) in [5.41, 5.74) is 4.33. The standard InChI is InChI=1S/C15H15FN2/c1-17-13-7-6-11-9-18(10-12(11)8-13)15-5-3-2-4-14(15)16/h2-8,17H,9-10H2,1H3. The molecule has 1 aliphatic rings. The Kier molecular flexibility index (Phi) is 2.67. The van der Waals surface area contributed by atoms with Crippen molar-refractivity contribution in [2.75, 3.05) is 17.3 Å². The van der Waals surface area contributed by atoms with E-state index >= 15 is 0 Å². The van der Waals surface area contributed by atoms with Crippen molar-refractivity contribution in [1.29, 1.82) is 0 Å². The SMILES string of the molecule is CNc1ccc2c(c1)CN(c1ccccc1F)C2. The van der Waals surface area contributed by atoms with Crippen molar-refractivity contribution in [2.24, 2.45) is 0 Å². The monoisotopic (exact) mass is 242 g/mol. The van der Waals surface area contributed by atoms with Crippen molar-refractivity contribution in [3.8, 4) is 0 Å². The fourth-order valence-electron chi connectivity index (χ4n) is 2.43. The number of nitrogens with one attached hydrogen (secondary N) is 1. The summed E-state index contributed by atoms with van der Waals surface area (Å²) in [6, 6.07) is 13.3. The van der Waals surface area contributed by atoms with E-state index in [2.05, 4.69) is 28.4 Å². The molecule has 0 fully saturated rings. The molecule has 0 bridgehead atoms. The summed E-state index contributed by atoms with van der Waals surface area (Å²) in [7, 11) is 1.91. The first kappa shape index (κ1) is 11.1. The second-order valence-electron chi connectivity index (χ2n) is 4.54. The fourth-order valence-corrected chi connectivity index (χ4v) is 2.43. The Hall–Kier alpha value is -2.03. The van der Waals surface area contributed by atoms with Gasteiger partial charge in [-0.3, -0.25) is 0 Å². The largest absolute Gasteiger partial charge is 0.388 e. The Labute approximate surface area is 106 Å². The molecule has 3 heteroatoms. The molecule has 1 N–H and O–H groups in total. The molecule has 0 saturated carbocycles. The average molecular weight is 242 g/mol. The zero-order chi connectivity index (χ0) is 12.5. The van der Waals surface area contributed by atoms with Gasteiger partial charge in [0.2, 0.25) is 0 Å². The third-order valence-electron chi connectivity index (χ3n) is 3.41. The highest BCUT2D eigenvalue weighted by molar-refractivity contribution is 5.56. The third kappa shape index (κ3) is 1.82. The minimum Gasteiger partial charge on any atom is -0.388 e. The third-order valence-corrected chi connectivity index (χ3v) is 3.41. The van der Waals surface area contributed by atoms with Crippen molar-refractivity contribution in [2.45, 2.75) is 13.1 Å². The number of rotatable bonds is 2. The van der Waals surface area contributed by atoms with E-state index in [0.717, 1.165) is 18.8 Å². The van der Waals surface area contributed by atoms with Crippen LogP contribution in [0.1, 0.15) is 11.1 Å².